The summed E-state index contributed by atoms with van der Waals surface area (Å²) in [7, 11) is 0. The van der Waals surface area contributed by atoms with Gasteiger partial charge in [0.25, 0.3) is 5.91 Å². The molecular formula is C16H15F3N2O. The molecule has 3 nitrogen and oxygen atoms in total. The molecule has 0 unspecified atom stereocenters. The van der Waals surface area contributed by atoms with Gasteiger partial charge in [0, 0.05) is 11.3 Å². The van der Waals surface area contributed by atoms with E-state index in [1.165, 1.54) is 12.1 Å². The average Bonchev–Trinajstić information content (AvgIpc) is 2.41. The molecule has 1 amide bonds. The van der Waals surface area contributed by atoms with Gasteiger partial charge in [0.15, 0.2) is 0 Å². The number of amides is 1. The van der Waals surface area contributed by atoms with Crippen LogP contribution in [0, 0.1) is 20.8 Å². The number of nitrogens with one attached hydrogen (secondary N) is 1. The van der Waals surface area contributed by atoms with Crippen molar-refractivity contribution in [3.63, 3.8) is 0 Å². The summed E-state index contributed by atoms with van der Waals surface area (Å²) in [4.78, 5) is 16.4. The third kappa shape index (κ3) is 3.44. The molecule has 0 atom stereocenters. The first kappa shape index (κ1) is 16.0. The number of benzene rings is 1. The van der Waals surface area contributed by atoms with Crippen LogP contribution in [0.15, 0.2) is 30.3 Å². The molecule has 0 radical (unpaired) electrons. The number of hydrogen-bond donors (Lipinski definition) is 1. The molecule has 0 saturated heterocycles. The van der Waals surface area contributed by atoms with Crippen LogP contribution >= 0.6 is 0 Å². The highest BCUT2D eigenvalue weighted by molar-refractivity contribution is 6.05. The molecule has 1 heterocycles. The zero-order valence-electron chi connectivity index (χ0n) is 12.4. The monoisotopic (exact) mass is 308 g/mol. The second-order valence-electron chi connectivity index (χ2n) is 5.07. The Balaban J connectivity index is 2.31. The number of aromatic nitrogens is 1. The van der Waals surface area contributed by atoms with Gasteiger partial charge in [0.1, 0.15) is 0 Å². The second kappa shape index (κ2) is 5.79. The van der Waals surface area contributed by atoms with Crippen molar-refractivity contribution < 1.29 is 18.0 Å². The Labute approximate surface area is 126 Å². The predicted octanol–water partition coefficient (Wildman–Crippen LogP) is 4.28. The molecule has 0 aliphatic heterocycles. The Bertz CT molecular complexity index is 701. The molecule has 1 aromatic carbocycles. The summed E-state index contributed by atoms with van der Waals surface area (Å²) in [5.74, 6) is -0.594. The van der Waals surface area contributed by atoms with E-state index in [0.717, 1.165) is 23.4 Å². The highest BCUT2D eigenvalue weighted by Gasteiger charge is 2.30. The largest absolute Gasteiger partial charge is 0.416 e. The van der Waals surface area contributed by atoms with Crippen molar-refractivity contribution in [2.24, 2.45) is 0 Å². The molecule has 0 fully saturated rings. The zero-order chi connectivity index (χ0) is 16.5. The summed E-state index contributed by atoms with van der Waals surface area (Å²) in [6.07, 6.45) is -4.48. The second-order valence-corrected chi connectivity index (χ2v) is 5.07. The first-order valence-corrected chi connectivity index (χ1v) is 6.62. The molecule has 0 saturated carbocycles. The van der Waals surface area contributed by atoms with Crippen molar-refractivity contribution in [1.82, 2.24) is 4.98 Å². The van der Waals surface area contributed by atoms with Crippen molar-refractivity contribution >= 4 is 11.6 Å². The molecule has 2 rings (SSSR count). The van der Waals surface area contributed by atoms with E-state index < -0.39 is 17.6 Å². The maximum Gasteiger partial charge on any atom is 0.416 e. The maximum absolute atomic E-state index is 12.7. The Morgan fingerprint density at radius 3 is 2.41 bits per heavy atom. The highest BCUT2D eigenvalue weighted by atomic mass is 19.4. The van der Waals surface area contributed by atoms with Crippen LogP contribution in [0.3, 0.4) is 0 Å². The SMILES string of the molecule is Cc1cc(C)c(NC(=O)c2cccc(C(F)(F)F)c2)c(C)n1. The lowest BCUT2D eigenvalue weighted by atomic mass is 10.1. The van der Waals surface area contributed by atoms with Gasteiger partial charge in [-0.2, -0.15) is 13.2 Å². The van der Waals surface area contributed by atoms with Gasteiger partial charge in [0.05, 0.1) is 16.9 Å². The van der Waals surface area contributed by atoms with E-state index in [4.69, 9.17) is 0 Å². The predicted molar refractivity (Wildman–Crippen MR) is 77.8 cm³/mol. The molecule has 1 aromatic heterocycles. The van der Waals surface area contributed by atoms with E-state index >= 15 is 0 Å². The number of halogens is 3. The summed E-state index contributed by atoms with van der Waals surface area (Å²) >= 11 is 0. The number of pyridine rings is 1. The molecule has 116 valence electrons. The fraction of sp³-hybridized carbons (Fsp3) is 0.250. The van der Waals surface area contributed by atoms with Crippen LogP contribution in [0.2, 0.25) is 0 Å². The van der Waals surface area contributed by atoms with Gasteiger partial charge in [-0.3, -0.25) is 9.78 Å². The summed E-state index contributed by atoms with van der Waals surface area (Å²) in [5, 5.41) is 2.63. The minimum atomic E-state index is -4.48. The van der Waals surface area contributed by atoms with Crippen LogP contribution in [0.4, 0.5) is 18.9 Å². The van der Waals surface area contributed by atoms with Gasteiger partial charge in [-0.15, -0.1) is 0 Å². The summed E-state index contributed by atoms with van der Waals surface area (Å²) in [5.41, 5.74) is 1.87. The van der Waals surface area contributed by atoms with Gasteiger partial charge in [-0.05, 0) is 50.6 Å². The lowest BCUT2D eigenvalue weighted by Gasteiger charge is -2.13. The van der Waals surface area contributed by atoms with E-state index in [-0.39, 0.29) is 5.56 Å². The van der Waals surface area contributed by atoms with Crippen molar-refractivity contribution in [3.8, 4) is 0 Å². The van der Waals surface area contributed by atoms with Crippen LogP contribution < -0.4 is 5.32 Å². The molecule has 0 aliphatic carbocycles. The van der Waals surface area contributed by atoms with Crippen molar-refractivity contribution in [1.29, 1.82) is 0 Å². The van der Waals surface area contributed by atoms with Crippen LogP contribution in [0.1, 0.15) is 32.9 Å². The molecule has 1 N–H and O–H groups in total. The van der Waals surface area contributed by atoms with Crippen molar-refractivity contribution in [2.75, 3.05) is 5.32 Å². The number of anilines is 1. The highest BCUT2D eigenvalue weighted by Crippen LogP contribution is 2.30. The molecular weight excluding hydrogens is 293 g/mol. The lowest BCUT2D eigenvalue weighted by molar-refractivity contribution is -0.137. The third-order valence-corrected chi connectivity index (χ3v) is 3.22. The van der Waals surface area contributed by atoms with E-state index in [1.807, 2.05) is 13.8 Å². The fourth-order valence-corrected chi connectivity index (χ4v) is 2.24. The minimum Gasteiger partial charge on any atom is -0.320 e. The Morgan fingerprint density at radius 1 is 1.14 bits per heavy atom. The quantitative estimate of drug-likeness (QED) is 0.900. The van der Waals surface area contributed by atoms with Crippen LogP contribution in [-0.4, -0.2) is 10.9 Å². The molecule has 6 heteroatoms. The number of alkyl halides is 3. The average molecular weight is 308 g/mol. The maximum atomic E-state index is 12.7. The summed E-state index contributed by atoms with van der Waals surface area (Å²) < 4.78 is 38.1. The Hall–Kier alpha value is -2.37. The topological polar surface area (TPSA) is 42.0 Å². The van der Waals surface area contributed by atoms with Crippen LogP contribution in [0.5, 0.6) is 0 Å². The van der Waals surface area contributed by atoms with Gasteiger partial charge in [-0.1, -0.05) is 6.07 Å². The Kier molecular flexibility index (Phi) is 4.21. The number of hydrogen-bond acceptors (Lipinski definition) is 2. The van der Waals surface area contributed by atoms with Gasteiger partial charge in [0.2, 0.25) is 0 Å². The number of nitrogens with zero attached hydrogens (tertiary/aromatic N) is 1. The van der Waals surface area contributed by atoms with E-state index in [0.29, 0.717) is 11.4 Å². The molecule has 0 aliphatic rings. The van der Waals surface area contributed by atoms with Crippen molar-refractivity contribution in [3.05, 3.63) is 58.4 Å². The summed E-state index contributed by atoms with van der Waals surface area (Å²) in [6, 6.07) is 6.12. The van der Waals surface area contributed by atoms with Gasteiger partial charge >= 0.3 is 6.18 Å². The number of carbonyl (C=O) groups is 1. The molecule has 0 bridgehead atoms. The number of carbonyl (C=O) groups excluding carboxylic acids is 1. The molecule has 0 spiro atoms. The van der Waals surface area contributed by atoms with Crippen LogP contribution in [0.25, 0.3) is 0 Å². The van der Waals surface area contributed by atoms with Gasteiger partial charge < -0.3 is 5.32 Å². The zero-order valence-corrected chi connectivity index (χ0v) is 12.4. The van der Waals surface area contributed by atoms with E-state index in [2.05, 4.69) is 10.3 Å². The van der Waals surface area contributed by atoms with E-state index in [9.17, 15) is 18.0 Å². The van der Waals surface area contributed by atoms with E-state index in [1.54, 1.807) is 13.0 Å². The molecule has 22 heavy (non-hydrogen) atoms. The number of rotatable bonds is 2. The normalized spacial score (nSPS) is 11.4. The minimum absolute atomic E-state index is 0.0470. The first-order valence-electron chi connectivity index (χ1n) is 6.62. The lowest BCUT2D eigenvalue weighted by Crippen LogP contribution is -2.16. The Morgan fingerprint density at radius 2 is 1.82 bits per heavy atom. The van der Waals surface area contributed by atoms with Gasteiger partial charge in [-0.25, -0.2) is 0 Å². The number of aryl methyl sites for hydroxylation is 3. The smallest absolute Gasteiger partial charge is 0.320 e. The molecule has 2 aromatic rings. The van der Waals surface area contributed by atoms with Crippen LogP contribution in [-0.2, 0) is 6.18 Å². The first-order chi connectivity index (χ1) is 10.2. The van der Waals surface area contributed by atoms with Crippen molar-refractivity contribution in [2.45, 2.75) is 26.9 Å². The summed E-state index contributed by atoms with van der Waals surface area (Å²) in [6.45, 7) is 5.38. The fourth-order valence-electron chi connectivity index (χ4n) is 2.24. The third-order valence-electron chi connectivity index (χ3n) is 3.22. The standard InChI is InChI=1S/C16H15F3N2O/c1-9-7-10(2)20-11(3)14(9)21-15(22)12-5-4-6-13(8-12)16(17,18)19/h4-8H,1-3H3,(H,21,22).